The van der Waals surface area contributed by atoms with Gasteiger partial charge < -0.3 is 14.9 Å². The van der Waals surface area contributed by atoms with Gasteiger partial charge in [-0.25, -0.2) is 9.59 Å². The van der Waals surface area contributed by atoms with Gasteiger partial charge in [-0.2, -0.15) is 11.8 Å². The van der Waals surface area contributed by atoms with Crippen LogP contribution in [0.3, 0.4) is 0 Å². The van der Waals surface area contributed by atoms with Gasteiger partial charge in [0.15, 0.2) is 0 Å². The maximum absolute atomic E-state index is 12.1. The molecule has 0 aliphatic heterocycles. The number of aliphatic carboxylic acids is 1. The summed E-state index contributed by atoms with van der Waals surface area (Å²) in [6, 6.07) is 7.48. The van der Waals surface area contributed by atoms with Crippen LogP contribution in [0.5, 0.6) is 0 Å². The van der Waals surface area contributed by atoms with Gasteiger partial charge in [0, 0.05) is 11.8 Å². The van der Waals surface area contributed by atoms with E-state index in [1.807, 2.05) is 6.26 Å². The van der Waals surface area contributed by atoms with E-state index in [-0.39, 0.29) is 17.9 Å². The Kier molecular flexibility index (Phi) is 8.64. The average Bonchev–Trinajstić information content (AvgIpc) is 2.58. The number of esters is 1. The molecule has 0 aliphatic carbocycles. The Bertz CT molecular complexity index is 613. The number of rotatable bonds is 9. The van der Waals surface area contributed by atoms with E-state index in [1.165, 1.54) is 11.8 Å². The maximum atomic E-state index is 12.1. The minimum Gasteiger partial charge on any atom is -0.506 e. The molecule has 6 nitrogen and oxygen atoms in total. The van der Waals surface area contributed by atoms with Crippen LogP contribution in [0.2, 0.25) is 0 Å². The molecule has 1 unspecified atom stereocenters. The summed E-state index contributed by atoms with van der Waals surface area (Å²) < 4.78 is 4.92. The molecule has 0 spiro atoms. The van der Waals surface area contributed by atoms with Crippen LogP contribution in [-0.4, -0.2) is 53.0 Å². The second-order valence-corrected chi connectivity index (χ2v) is 5.75. The fraction of sp³-hybridized carbons (Fsp3) is 0.353. The lowest BCUT2D eigenvalue weighted by Gasteiger charge is -2.09. The molecular formula is C17H21NO5S. The molecule has 0 saturated carbocycles. The Labute approximate surface area is 145 Å². The minimum atomic E-state index is -1.08. The highest BCUT2D eigenvalue weighted by atomic mass is 32.2. The molecule has 2 N–H and O–H groups in total. The Morgan fingerprint density at radius 3 is 2.50 bits per heavy atom. The van der Waals surface area contributed by atoms with Crippen molar-refractivity contribution in [3.8, 4) is 0 Å². The molecular weight excluding hydrogens is 330 g/mol. The van der Waals surface area contributed by atoms with Crippen LogP contribution in [0.1, 0.15) is 18.9 Å². The van der Waals surface area contributed by atoms with Crippen LogP contribution in [0.4, 0.5) is 0 Å². The first-order valence-corrected chi connectivity index (χ1v) is 8.81. The van der Waals surface area contributed by atoms with Gasteiger partial charge in [-0.3, -0.25) is 4.99 Å². The number of hydrogen-bond acceptors (Lipinski definition) is 6. The molecule has 7 heteroatoms. The molecule has 0 heterocycles. The molecule has 0 amide bonds. The summed E-state index contributed by atoms with van der Waals surface area (Å²) in [6.07, 6.45) is 3.28. The minimum absolute atomic E-state index is 0.132. The summed E-state index contributed by atoms with van der Waals surface area (Å²) in [5.74, 6) is -1.51. The van der Waals surface area contributed by atoms with Gasteiger partial charge in [-0.05, 0) is 25.4 Å². The zero-order valence-corrected chi connectivity index (χ0v) is 14.5. The number of aliphatic hydroxyl groups excluding tert-OH is 1. The van der Waals surface area contributed by atoms with E-state index in [1.54, 1.807) is 37.3 Å². The number of nitrogens with zero attached hydrogens (tertiary/aromatic N) is 1. The van der Waals surface area contributed by atoms with Crippen molar-refractivity contribution in [2.75, 3.05) is 18.6 Å². The standard InChI is InChI=1S/C17H21NO5S/c1-3-23-17(22)13(15(19)12-7-5-4-6-8-12)11-18-14(16(20)21)9-10-24-2/h4-8,11,14,19H,3,9-10H2,1-2H3,(H,20,21)/b15-13-,18-11?. The summed E-state index contributed by atoms with van der Waals surface area (Å²) in [4.78, 5) is 27.3. The van der Waals surface area contributed by atoms with Crippen LogP contribution in [0.15, 0.2) is 40.9 Å². The predicted octanol–water partition coefficient (Wildman–Crippen LogP) is 2.80. The van der Waals surface area contributed by atoms with E-state index < -0.39 is 18.0 Å². The van der Waals surface area contributed by atoms with Crippen molar-refractivity contribution in [2.45, 2.75) is 19.4 Å². The third-order valence-corrected chi connectivity index (χ3v) is 3.71. The Morgan fingerprint density at radius 1 is 1.29 bits per heavy atom. The molecule has 0 saturated heterocycles. The molecule has 0 aliphatic rings. The van der Waals surface area contributed by atoms with Gasteiger partial charge in [0.2, 0.25) is 0 Å². The van der Waals surface area contributed by atoms with Crippen molar-refractivity contribution in [3.05, 3.63) is 41.5 Å². The molecule has 0 fully saturated rings. The first kappa shape index (κ1) is 19.8. The number of carboxylic acids is 1. The molecule has 0 aromatic heterocycles. The van der Waals surface area contributed by atoms with Crippen LogP contribution in [-0.2, 0) is 14.3 Å². The molecule has 1 atom stereocenters. The monoisotopic (exact) mass is 351 g/mol. The Morgan fingerprint density at radius 2 is 1.96 bits per heavy atom. The van der Waals surface area contributed by atoms with Crippen molar-refractivity contribution < 1.29 is 24.5 Å². The fourth-order valence-electron chi connectivity index (χ4n) is 1.83. The summed E-state index contributed by atoms with van der Waals surface area (Å²) in [7, 11) is 0. The van der Waals surface area contributed by atoms with E-state index >= 15 is 0 Å². The zero-order valence-electron chi connectivity index (χ0n) is 13.6. The number of carbonyl (C=O) groups is 2. The van der Waals surface area contributed by atoms with Crippen molar-refractivity contribution in [1.82, 2.24) is 0 Å². The Balaban J connectivity index is 3.16. The van der Waals surface area contributed by atoms with Gasteiger partial charge in [0.25, 0.3) is 0 Å². The first-order chi connectivity index (χ1) is 11.5. The van der Waals surface area contributed by atoms with Crippen molar-refractivity contribution in [1.29, 1.82) is 0 Å². The number of carbonyl (C=O) groups excluding carboxylic acids is 1. The van der Waals surface area contributed by atoms with E-state index in [0.29, 0.717) is 17.7 Å². The van der Waals surface area contributed by atoms with E-state index in [0.717, 1.165) is 6.21 Å². The molecule has 1 rings (SSSR count). The number of hydrogen-bond donors (Lipinski definition) is 2. The normalized spacial score (nSPS) is 13.4. The highest BCUT2D eigenvalue weighted by Crippen LogP contribution is 2.16. The van der Waals surface area contributed by atoms with Crippen molar-refractivity contribution in [2.24, 2.45) is 4.99 Å². The summed E-state index contributed by atoms with van der Waals surface area (Å²) in [5, 5.41) is 19.5. The second kappa shape index (κ2) is 10.5. The van der Waals surface area contributed by atoms with Gasteiger partial charge >= 0.3 is 11.9 Å². The molecule has 0 bridgehead atoms. The third-order valence-electron chi connectivity index (χ3n) is 3.06. The Hall–Kier alpha value is -2.28. The third kappa shape index (κ3) is 6.08. The molecule has 24 heavy (non-hydrogen) atoms. The van der Waals surface area contributed by atoms with Crippen LogP contribution in [0, 0.1) is 0 Å². The number of aliphatic hydroxyl groups is 1. The zero-order chi connectivity index (χ0) is 17.9. The van der Waals surface area contributed by atoms with Crippen LogP contribution >= 0.6 is 11.8 Å². The van der Waals surface area contributed by atoms with E-state index in [2.05, 4.69) is 4.99 Å². The quantitative estimate of drug-likeness (QED) is 0.307. The smallest absolute Gasteiger partial charge is 0.343 e. The summed E-state index contributed by atoms with van der Waals surface area (Å²) in [6.45, 7) is 1.78. The molecule has 1 aromatic carbocycles. The number of thioether (sulfide) groups is 1. The maximum Gasteiger partial charge on any atom is 0.343 e. The van der Waals surface area contributed by atoms with Gasteiger partial charge in [0.1, 0.15) is 17.4 Å². The summed E-state index contributed by atoms with van der Waals surface area (Å²) in [5.41, 5.74) is 0.251. The number of benzene rings is 1. The lowest BCUT2D eigenvalue weighted by molar-refractivity contribution is -0.139. The highest BCUT2D eigenvalue weighted by molar-refractivity contribution is 7.98. The SMILES string of the molecule is CCOC(=O)/C(C=NC(CCSC)C(=O)O)=C(\O)c1ccccc1. The predicted molar refractivity (Wildman–Crippen MR) is 95.5 cm³/mol. The van der Waals surface area contributed by atoms with E-state index in [9.17, 15) is 19.8 Å². The second-order valence-electron chi connectivity index (χ2n) is 4.76. The van der Waals surface area contributed by atoms with Crippen molar-refractivity contribution in [3.63, 3.8) is 0 Å². The number of aliphatic imine (C=N–C) groups is 1. The topological polar surface area (TPSA) is 96.2 Å². The molecule has 1 aromatic rings. The van der Waals surface area contributed by atoms with Crippen LogP contribution in [0.25, 0.3) is 5.76 Å². The fourth-order valence-corrected chi connectivity index (χ4v) is 2.29. The summed E-state index contributed by atoms with van der Waals surface area (Å²) >= 11 is 1.51. The van der Waals surface area contributed by atoms with E-state index in [4.69, 9.17) is 4.74 Å². The van der Waals surface area contributed by atoms with Gasteiger partial charge in [-0.15, -0.1) is 0 Å². The molecule has 0 radical (unpaired) electrons. The van der Waals surface area contributed by atoms with Crippen LogP contribution < -0.4 is 0 Å². The van der Waals surface area contributed by atoms with Crippen molar-refractivity contribution >= 4 is 35.7 Å². The lowest BCUT2D eigenvalue weighted by Crippen LogP contribution is -2.20. The van der Waals surface area contributed by atoms with Gasteiger partial charge in [0.05, 0.1) is 6.61 Å². The highest BCUT2D eigenvalue weighted by Gasteiger charge is 2.19. The van der Waals surface area contributed by atoms with Gasteiger partial charge in [-0.1, -0.05) is 30.3 Å². The number of carboxylic acid groups (broad SMARTS) is 1. The average molecular weight is 351 g/mol. The number of ether oxygens (including phenoxy) is 1. The molecule has 130 valence electrons. The first-order valence-electron chi connectivity index (χ1n) is 7.41. The lowest BCUT2D eigenvalue weighted by atomic mass is 10.1. The largest absolute Gasteiger partial charge is 0.506 e.